The first-order valence-electron chi connectivity index (χ1n) is 20.1. The smallest absolute Gasteiger partial charge is 0.0714 e. The molecule has 1 aliphatic carbocycles. The Kier molecular flexibility index (Phi) is 8.12. The van der Waals surface area contributed by atoms with E-state index in [-0.39, 0.29) is 0 Å². The van der Waals surface area contributed by atoms with Gasteiger partial charge in [0, 0.05) is 16.6 Å². The van der Waals surface area contributed by atoms with Crippen LogP contribution in [-0.2, 0) is 5.41 Å². The van der Waals surface area contributed by atoms with Crippen LogP contribution in [0, 0.1) is 0 Å². The van der Waals surface area contributed by atoms with Crippen molar-refractivity contribution in [1.29, 1.82) is 0 Å². The minimum Gasteiger partial charge on any atom is -0.309 e. The zero-order valence-corrected chi connectivity index (χ0v) is 32.0. The van der Waals surface area contributed by atoms with Crippen molar-refractivity contribution >= 4 is 38.6 Å². The molecule has 0 radical (unpaired) electrons. The number of benzene rings is 10. The molecule has 1 aliphatic rings. The fourth-order valence-corrected chi connectivity index (χ4v) is 9.68. The maximum Gasteiger partial charge on any atom is 0.0714 e. The van der Waals surface area contributed by atoms with E-state index in [0.29, 0.717) is 0 Å². The first kappa shape index (κ1) is 33.8. The van der Waals surface area contributed by atoms with E-state index in [2.05, 4.69) is 241 Å². The average Bonchev–Trinajstić information content (AvgIpc) is 3.62. The maximum absolute atomic E-state index is 2.52. The highest BCUT2D eigenvalue weighted by Crippen LogP contribution is 2.60. The minimum atomic E-state index is -0.507. The van der Waals surface area contributed by atoms with Gasteiger partial charge in [-0.25, -0.2) is 0 Å². The molecule has 0 fully saturated rings. The van der Waals surface area contributed by atoms with E-state index in [1.165, 1.54) is 77.2 Å². The van der Waals surface area contributed by atoms with Gasteiger partial charge in [0.1, 0.15) is 0 Å². The van der Waals surface area contributed by atoms with Crippen LogP contribution >= 0.6 is 0 Å². The van der Waals surface area contributed by atoms with E-state index in [4.69, 9.17) is 0 Å². The van der Waals surface area contributed by atoms with Crippen LogP contribution in [0.25, 0.3) is 54.9 Å². The van der Waals surface area contributed by atoms with Crippen molar-refractivity contribution in [3.63, 3.8) is 0 Å². The lowest BCUT2D eigenvalue weighted by Crippen LogP contribution is -2.28. The topological polar surface area (TPSA) is 3.24 Å². The first-order valence-corrected chi connectivity index (χ1v) is 20.1. The fourth-order valence-electron chi connectivity index (χ4n) is 9.68. The van der Waals surface area contributed by atoms with Crippen molar-refractivity contribution in [1.82, 2.24) is 0 Å². The zero-order chi connectivity index (χ0) is 38.5. The molecule has 0 aromatic heterocycles. The molecule has 1 nitrogen and oxygen atoms in total. The molecule has 11 rings (SSSR count). The summed E-state index contributed by atoms with van der Waals surface area (Å²) in [4.78, 5) is 2.52. The van der Waals surface area contributed by atoms with Crippen LogP contribution in [0.5, 0.6) is 0 Å². The number of fused-ring (bicyclic) bond motifs is 6. The molecule has 58 heavy (non-hydrogen) atoms. The third-order valence-corrected chi connectivity index (χ3v) is 12.1. The third-order valence-electron chi connectivity index (χ3n) is 12.1. The van der Waals surface area contributed by atoms with Gasteiger partial charge in [-0.3, -0.25) is 0 Å². The Morgan fingerprint density at radius 1 is 0.310 bits per heavy atom. The van der Waals surface area contributed by atoms with Crippen molar-refractivity contribution in [2.24, 2.45) is 0 Å². The predicted molar refractivity (Wildman–Crippen MR) is 244 cm³/mol. The van der Waals surface area contributed by atoms with Crippen LogP contribution < -0.4 is 4.90 Å². The van der Waals surface area contributed by atoms with Gasteiger partial charge < -0.3 is 4.90 Å². The molecule has 0 heterocycles. The Morgan fingerprint density at radius 3 is 1.48 bits per heavy atom. The molecule has 272 valence electrons. The van der Waals surface area contributed by atoms with Crippen molar-refractivity contribution in [3.8, 4) is 33.4 Å². The number of rotatable bonds is 7. The average molecular weight is 738 g/mol. The number of hydrogen-bond donors (Lipinski definition) is 0. The highest BCUT2D eigenvalue weighted by atomic mass is 15.1. The summed E-state index contributed by atoms with van der Waals surface area (Å²) in [5, 5.41) is 4.92. The maximum atomic E-state index is 2.52. The quantitative estimate of drug-likeness (QED) is 0.147. The van der Waals surface area contributed by atoms with Crippen LogP contribution in [0.2, 0.25) is 0 Å². The summed E-state index contributed by atoms with van der Waals surface area (Å²) in [6.45, 7) is 0. The molecule has 0 saturated heterocycles. The Balaban J connectivity index is 1.20. The first-order chi connectivity index (χ1) is 28.8. The highest BCUT2D eigenvalue weighted by molar-refractivity contribution is 6.15. The second-order valence-corrected chi connectivity index (χ2v) is 15.2. The standard InChI is InChI=1S/C57H39N/c1-4-19-40(20-5-1)46-26-12-13-27-47(46)41-35-37-45(38-36-41)58(55-39-42-21-10-11-28-48(42)49-29-14-15-30-50(49)55)54-34-18-33-53-56(54)51-31-16-17-32-52(51)57(53,43-22-6-2-7-23-43)44-24-8-3-9-25-44/h1-39H. The van der Waals surface area contributed by atoms with E-state index in [0.717, 1.165) is 17.1 Å². The molecule has 0 amide bonds. The van der Waals surface area contributed by atoms with Gasteiger partial charge in [-0.15, -0.1) is 0 Å². The SMILES string of the molecule is c1ccc(-c2ccccc2-c2ccc(N(c3cccc4c3-c3ccccc3C4(c3ccccc3)c3ccccc3)c3cc4ccccc4c4ccccc34)cc2)cc1. The molecule has 1 heteroatoms. The van der Waals surface area contributed by atoms with E-state index in [1.807, 2.05) is 0 Å². The molecule has 0 atom stereocenters. The molecule has 0 spiro atoms. The number of anilines is 3. The largest absolute Gasteiger partial charge is 0.309 e. The van der Waals surface area contributed by atoms with Gasteiger partial charge in [0.25, 0.3) is 0 Å². The molecule has 10 aromatic rings. The van der Waals surface area contributed by atoms with Crippen LogP contribution in [0.3, 0.4) is 0 Å². The Labute approximate surface area is 339 Å². The van der Waals surface area contributed by atoms with E-state index < -0.39 is 5.41 Å². The second-order valence-electron chi connectivity index (χ2n) is 15.2. The predicted octanol–water partition coefficient (Wildman–Crippen LogP) is 15.2. The lowest BCUT2D eigenvalue weighted by molar-refractivity contribution is 0.768. The normalized spacial score (nSPS) is 12.6. The zero-order valence-electron chi connectivity index (χ0n) is 32.0. The van der Waals surface area contributed by atoms with E-state index in [1.54, 1.807) is 0 Å². The Morgan fingerprint density at radius 2 is 0.810 bits per heavy atom. The summed E-state index contributed by atoms with van der Waals surface area (Å²) in [5.74, 6) is 0. The summed E-state index contributed by atoms with van der Waals surface area (Å²) >= 11 is 0. The third kappa shape index (κ3) is 5.25. The van der Waals surface area contributed by atoms with Crippen molar-refractivity contribution < 1.29 is 0 Å². The minimum absolute atomic E-state index is 0.507. The van der Waals surface area contributed by atoms with Crippen LogP contribution in [0.1, 0.15) is 22.3 Å². The monoisotopic (exact) mass is 737 g/mol. The summed E-state index contributed by atoms with van der Waals surface area (Å²) in [6, 6.07) is 86.8. The number of hydrogen-bond acceptors (Lipinski definition) is 1. The van der Waals surface area contributed by atoms with Gasteiger partial charge in [0.2, 0.25) is 0 Å². The van der Waals surface area contributed by atoms with Gasteiger partial charge in [-0.05, 0) is 90.5 Å². The fraction of sp³-hybridized carbons (Fsp3) is 0.0175. The van der Waals surface area contributed by atoms with Crippen molar-refractivity contribution in [2.45, 2.75) is 5.41 Å². The van der Waals surface area contributed by atoms with Gasteiger partial charge in [0.15, 0.2) is 0 Å². The van der Waals surface area contributed by atoms with Gasteiger partial charge >= 0.3 is 0 Å². The molecular formula is C57H39N. The highest BCUT2D eigenvalue weighted by Gasteiger charge is 2.47. The molecular weight excluding hydrogens is 699 g/mol. The van der Waals surface area contributed by atoms with E-state index >= 15 is 0 Å². The summed E-state index contributed by atoms with van der Waals surface area (Å²) in [7, 11) is 0. The summed E-state index contributed by atoms with van der Waals surface area (Å²) < 4.78 is 0. The number of nitrogens with zero attached hydrogens (tertiary/aromatic N) is 1. The lowest BCUT2D eigenvalue weighted by Gasteiger charge is -2.34. The molecule has 0 bridgehead atoms. The van der Waals surface area contributed by atoms with Gasteiger partial charge in [-0.1, -0.05) is 212 Å². The summed E-state index contributed by atoms with van der Waals surface area (Å²) in [6.07, 6.45) is 0. The Hall–Kier alpha value is -7.48. The Bertz CT molecular complexity index is 3050. The van der Waals surface area contributed by atoms with Crippen molar-refractivity contribution in [2.75, 3.05) is 4.90 Å². The second kappa shape index (κ2) is 13.9. The van der Waals surface area contributed by atoms with Crippen LogP contribution in [0.15, 0.2) is 237 Å². The van der Waals surface area contributed by atoms with E-state index in [9.17, 15) is 0 Å². The van der Waals surface area contributed by atoms with Crippen molar-refractivity contribution in [3.05, 3.63) is 259 Å². The van der Waals surface area contributed by atoms with Gasteiger partial charge in [0.05, 0.1) is 16.8 Å². The van der Waals surface area contributed by atoms with Crippen LogP contribution in [0.4, 0.5) is 17.1 Å². The molecule has 10 aromatic carbocycles. The molecule has 0 N–H and O–H groups in total. The van der Waals surface area contributed by atoms with Crippen LogP contribution in [-0.4, -0.2) is 0 Å². The molecule has 0 saturated carbocycles. The van der Waals surface area contributed by atoms with Gasteiger partial charge in [-0.2, -0.15) is 0 Å². The molecule has 0 aliphatic heterocycles. The lowest BCUT2D eigenvalue weighted by atomic mass is 9.68. The summed E-state index contributed by atoms with van der Waals surface area (Å²) in [5.41, 5.74) is 15.3. The molecule has 0 unspecified atom stereocenters.